The minimum absolute atomic E-state index is 0.556. The number of hydrogen-bond donors (Lipinski definition) is 0. The van der Waals surface area contributed by atoms with E-state index in [4.69, 9.17) is 0 Å². The fourth-order valence-corrected chi connectivity index (χ4v) is 4.72. The number of rotatable bonds is 3. The van der Waals surface area contributed by atoms with Crippen LogP contribution in [0.1, 0.15) is 11.1 Å². The summed E-state index contributed by atoms with van der Waals surface area (Å²) in [4.78, 5) is 4.45. The topological polar surface area (TPSA) is 65.4 Å². The molecule has 0 fully saturated rings. The summed E-state index contributed by atoms with van der Waals surface area (Å²) in [7, 11) is 0. The standard InChI is InChI=1S/C31H18N4/c32-19-21-13-14-30-28(16-21)27-11-1-2-12-29(27)35(30)26-10-4-7-23(18-26)22-6-3-8-24(17-22)31-25(20-33)9-5-15-34-31/h1-18H. The van der Waals surface area contributed by atoms with E-state index in [2.05, 4.69) is 70.2 Å². The molecule has 0 aliphatic rings. The van der Waals surface area contributed by atoms with Crippen LogP contribution >= 0.6 is 0 Å². The van der Waals surface area contributed by atoms with Gasteiger partial charge in [0, 0.05) is 28.2 Å². The Morgan fingerprint density at radius 3 is 2.23 bits per heavy atom. The molecule has 0 unspecified atom stereocenters. The summed E-state index contributed by atoms with van der Waals surface area (Å²) >= 11 is 0. The number of pyridine rings is 1. The molecule has 6 rings (SSSR count). The maximum atomic E-state index is 9.50. The van der Waals surface area contributed by atoms with Crippen molar-refractivity contribution in [2.24, 2.45) is 0 Å². The molecule has 162 valence electrons. The maximum Gasteiger partial charge on any atom is 0.101 e. The van der Waals surface area contributed by atoms with Crippen LogP contribution in [0.3, 0.4) is 0 Å². The first kappa shape index (κ1) is 20.4. The van der Waals surface area contributed by atoms with Gasteiger partial charge >= 0.3 is 0 Å². The van der Waals surface area contributed by atoms with E-state index in [9.17, 15) is 10.5 Å². The van der Waals surface area contributed by atoms with E-state index in [1.165, 1.54) is 0 Å². The lowest BCUT2D eigenvalue weighted by atomic mass is 9.99. The monoisotopic (exact) mass is 446 g/mol. The molecule has 0 aliphatic carbocycles. The number of hydrogen-bond acceptors (Lipinski definition) is 3. The van der Waals surface area contributed by atoms with Crippen LogP contribution in [0.15, 0.2) is 109 Å². The molecule has 4 aromatic carbocycles. The second kappa shape index (κ2) is 8.30. The number of nitriles is 2. The third kappa shape index (κ3) is 3.42. The predicted octanol–water partition coefficient (Wildman–Crippen LogP) is 7.26. The molecule has 4 heteroatoms. The van der Waals surface area contributed by atoms with Gasteiger partial charge in [-0.05, 0) is 65.7 Å². The van der Waals surface area contributed by atoms with Crippen molar-refractivity contribution in [1.82, 2.24) is 9.55 Å². The second-order valence-electron chi connectivity index (χ2n) is 8.34. The summed E-state index contributed by atoms with van der Waals surface area (Å²) in [6.45, 7) is 0. The van der Waals surface area contributed by atoms with Crippen molar-refractivity contribution < 1.29 is 0 Å². The van der Waals surface area contributed by atoms with E-state index in [1.807, 2.05) is 42.5 Å². The highest BCUT2D eigenvalue weighted by Gasteiger charge is 2.13. The SMILES string of the molecule is N#Cc1ccc2c(c1)c1ccccc1n2-c1cccc(-c2cccc(-c3ncccc3C#N)c2)c1. The largest absolute Gasteiger partial charge is 0.309 e. The third-order valence-corrected chi connectivity index (χ3v) is 6.30. The zero-order valence-electron chi connectivity index (χ0n) is 18.7. The lowest BCUT2D eigenvalue weighted by Gasteiger charge is -2.11. The average Bonchev–Trinajstić information content (AvgIpc) is 3.27. The van der Waals surface area contributed by atoms with E-state index in [0.29, 0.717) is 16.8 Å². The van der Waals surface area contributed by atoms with Crippen molar-refractivity contribution >= 4 is 21.8 Å². The van der Waals surface area contributed by atoms with Crippen LogP contribution in [0.25, 0.3) is 49.9 Å². The van der Waals surface area contributed by atoms with Crippen LogP contribution in [0.2, 0.25) is 0 Å². The smallest absolute Gasteiger partial charge is 0.101 e. The molecule has 2 heterocycles. The summed E-state index contributed by atoms with van der Waals surface area (Å²) in [5, 5.41) is 21.1. The molecule has 0 spiro atoms. The van der Waals surface area contributed by atoms with Crippen molar-refractivity contribution in [3.8, 4) is 40.2 Å². The molecule has 0 atom stereocenters. The molecule has 0 radical (unpaired) electrons. The van der Waals surface area contributed by atoms with Crippen LogP contribution < -0.4 is 0 Å². The minimum atomic E-state index is 0.556. The Hall–Kier alpha value is -5.19. The zero-order valence-corrected chi connectivity index (χ0v) is 18.7. The molecular formula is C31H18N4. The fourth-order valence-electron chi connectivity index (χ4n) is 4.72. The van der Waals surface area contributed by atoms with Gasteiger partial charge in [-0.15, -0.1) is 0 Å². The number of nitrogens with zero attached hydrogens (tertiary/aromatic N) is 4. The Labute approximate surface area is 202 Å². The van der Waals surface area contributed by atoms with Gasteiger partial charge in [-0.1, -0.05) is 48.5 Å². The molecule has 0 bridgehead atoms. The van der Waals surface area contributed by atoms with Gasteiger partial charge in [0.05, 0.1) is 33.9 Å². The lowest BCUT2D eigenvalue weighted by Crippen LogP contribution is -1.94. The van der Waals surface area contributed by atoms with Gasteiger partial charge < -0.3 is 4.57 Å². The molecular weight excluding hydrogens is 428 g/mol. The first-order valence-corrected chi connectivity index (χ1v) is 11.3. The van der Waals surface area contributed by atoms with Gasteiger partial charge in [-0.3, -0.25) is 4.98 Å². The summed E-state index contributed by atoms with van der Waals surface area (Å²) in [5.41, 5.74) is 8.11. The van der Waals surface area contributed by atoms with E-state index < -0.39 is 0 Å². The summed E-state index contributed by atoms with van der Waals surface area (Å²) in [6, 6.07) is 38.7. The molecule has 0 amide bonds. The fraction of sp³-hybridized carbons (Fsp3) is 0. The van der Waals surface area contributed by atoms with Gasteiger partial charge in [0.25, 0.3) is 0 Å². The second-order valence-corrected chi connectivity index (χ2v) is 8.34. The van der Waals surface area contributed by atoms with Gasteiger partial charge in [-0.25, -0.2) is 0 Å². The lowest BCUT2D eigenvalue weighted by molar-refractivity contribution is 1.18. The van der Waals surface area contributed by atoms with Crippen LogP contribution in [0.4, 0.5) is 0 Å². The summed E-state index contributed by atoms with van der Waals surface area (Å²) < 4.78 is 2.24. The van der Waals surface area contributed by atoms with Crippen LogP contribution in [-0.4, -0.2) is 9.55 Å². The normalized spacial score (nSPS) is 10.8. The van der Waals surface area contributed by atoms with Gasteiger partial charge in [-0.2, -0.15) is 10.5 Å². The van der Waals surface area contributed by atoms with E-state index in [-0.39, 0.29) is 0 Å². The Morgan fingerprint density at radius 2 is 1.37 bits per heavy atom. The molecule has 6 aromatic rings. The van der Waals surface area contributed by atoms with Gasteiger partial charge in [0.15, 0.2) is 0 Å². The number of benzene rings is 4. The van der Waals surface area contributed by atoms with E-state index in [1.54, 1.807) is 18.3 Å². The van der Waals surface area contributed by atoms with Crippen LogP contribution in [-0.2, 0) is 0 Å². The van der Waals surface area contributed by atoms with Crippen LogP contribution in [0, 0.1) is 22.7 Å². The first-order chi connectivity index (χ1) is 17.3. The molecule has 0 aliphatic heterocycles. The number of fused-ring (bicyclic) bond motifs is 3. The minimum Gasteiger partial charge on any atom is -0.309 e. The van der Waals surface area contributed by atoms with Gasteiger partial charge in [0.1, 0.15) is 6.07 Å². The summed E-state index contributed by atoms with van der Waals surface area (Å²) in [6.07, 6.45) is 1.71. The highest BCUT2D eigenvalue weighted by molar-refractivity contribution is 6.09. The Morgan fingerprint density at radius 1 is 0.600 bits per heavy atom. The Kier molecular flexibility index (Phi) is 4.84. The van der Waals surface area contributed by atoms with Crippen molar-refractivity contribution in [2.45, 2.75) is 0 Å². The molecule has 0 saturated heterocycles. The molecule has 4 nitrogen and oxygen atoms in total. The highest BCUT2D eigenvalue weighted by Crippen LogP contribution is 2.34. The Bertz CT molecular complexity index is 1830. The van der Waals surface area contributed by atoms with Gasteiger partial charge in [0.2, 0.25) is 0 Å². The summed E-state index contributed by atoms with van der Waals surface area (Å²) in [5.74, 6) is 0. The van der Waals surface area contributed by atoms with Crippen molar-refractivity contribution in [1.29, 1.82) is 10.5 Å². The first-order valence-electron chi connectivity index (χ1n) is 11.3. The molecule has 35 heavy (non-hydrogen) atoms. The predicted molar refractivity (Wildman–Crippen MR) is 139 cm³/mol. The van der Waals surface area contributed by atoms with E-state index >= 15 is 0 Å². The van der Waals surface area contributed by atoms with Crippen molar-refractivity contribution in [2.75, 3.05) is 0 Å². The van der Waals surface area contributed by atoms with Crippen molar-refractivity contribution in [3.05, 3.63) is 120 Å². The third-order valence-electron chi connectivity index (χ3n) is 6.30. The molecule has 2 aromatic heterocycles. The Balaban J connectivity index is 1.52. The number of para-hydroxylation sites is 1. The number of aromatic nitrogens is 2. The van der Waals surface area contributed by atoms with Crippen molar-refractivity contribution in [3.63, 3.8) is 0 Å². The van der Waals surface area contributed by atoms with Crippen LogP contribution in [0.5, 0.6) is 0 Å². The highest BCUT2D eigenvalue weighted by atomic mass is 15.0. The molecule has 0 saturated carbocycles. The maximum absolute atomic E-state index is 9.50. The van der Waals surface area contributed by atoms with E-state index in [0.717, 1.165) is 44.2 Å². The molecule has 0 N–H and O–H groups in total. The zero-order chi connectivity index (χ0) is 23.8. The average molecular weight is 447 g/mol. The quantitative estimate of drug-likeness (QED) is 0.287.